The number of fused-ring (bicyclic) bond motifs is 1. The molecule has 0 aliphatic carbocycles. The number of hydrogen-bond acceptors (Lipinski definition) is 3. The third-order valence-electron chi connectivity index (χ3n) is 5.46. The lowest BCUT2D eigenvalue weighted by Crippen LogP contribution is -2.40. The number of hydrogen-bond donors (Lipinski definition) is 1. The molecule has 1 spiro atoms. The van der Waals surface area contributed by atoms with Crippen molar-refractivity contribution >= 4 is 28.4 Å². The van der Waals surface area contributed by atoms with Gasteiger partial charge < -0.3 is 19.4 Å². The third kappa shape index (κ3) is 3.16. The van der Waals surface area contributed by atoms with Crippen LogP contribution in [-0.2, 0) is 9.47 Å². The molecule has 3 heterocycles. The summed E-state index contributed by atoms with van der Waals surface area (Å²) in [7, 11) is 0. The first kappa shape index (κ1) is 16.9. The van der Waals surface area contributed by atoms with Crippen LogP contribution in [0.5, 0.6) is 0 Å². The van der Waals surface area contributed by atoms with Gasteiger partial charge in [0.2, 0.25) is 0 Å². The quantitative estimate of drug-likeness (QED) is 0.844. The molecule has 0 bridgehead atoms. The molecule has 1 N–H and O–H groups in total. The van der Waals surface area contributed by atoms with Crippen LogP contribution in [0.3, 0.4) is 0 Å². The van der Waals surface area contributed by atoms with Crippen molar-refractivity contribution in [2.45, 2.75) is 31.8 Å². The summed E-state index contributed by atoms with van der Waals surface area (Å²) in [5.74, 6) is 0.0544. The first-order chi connectivity index (χ1) is 12.1. The molecule has 2 saturated heterocycles. The molecule has 134 valence electrons. The number of halogens is 1. The SMILES string of the molecule is Cc1[nH]c2ccc(Cl)cc2c1C(=O)N1CCOC2(CCOCC2)CC1. The van der Waals surface area contributed by atoms with Crippen molar-refractivity contribution in [3.63, 3.8) is 0 Å². The molecule has 2 fully saturated rings. The Kier molecular flexibility index (Phi) is 4.48. The van der Waals surface area contributed by atoms with E-state index >= 15 is 0 Å². The topological polar surface area (TPSA) is 54.6 Å². The van der Waals surface area contributed by atoms with Gasteiger partial charge in [0, 0.05) is 47.9 Å². The largest absolute Gasteiger partial charge is 0.381 e. The predicted octanol–water partition coefficient (Wildman–Crippen LogP) is 3.54. The van der Waals surface area contributed by atoms with Crippen LogP contribution in [0.1, 0.15) is 35.3 Å². The summed E-state index contributed by atoms with van der Waals surface area (Å²) in [6, 6.07) is 5.62. The Morgan fingerprint density at radius 1 is 1.20 bits per heavy atom. The smallest absolute Gasteiger partial charge is 0.256 e. The molecule has 4 rings (SSSR count). The molecule has 2 aliphatic heterocycles. The summed E-state index contributed by atoms with van der Waals surface area (Å²) in [6.45, 7) is 5.34. The van der Waals surface area contributed by atoms with Crippen LogP contribution in [0.4, 0.5) is 0 Å². The second-order valence-electron chi connectivity index (χ2n) is 7.00. The van der Waals surface area contributed by atoms with Crippen molar-refractivity contribution in [2.75, 3.05) is 32.9 Å². The van der Waals surface area contributed by atoms with Crippen molar-refractivity contribution in [3.05, 3.63) is 34.5 Å². The van der Waals surface area contributed by atoms with E-state index in [0.29, 0.717) is 24.7 Å². The fourth-order valence-corrected chi connectivity index (χ4v) is 4.14. The summed E-state index contributed by atoms with van der Waals surface area (Å²) in [5, 5.41) is 1.53. The number of aromatic nitrogens is 1. The van der Waals surface area contributed by atoms with Crippen molar-refractivity contribution in [1.82, 2.24) is 9.88 Å². The van der Waals surface area contributed by atoms with Crippen molar-refractivity contribution < 1.29 is 14.3 Å². The van der Waals surface area contributed by atoms with E-state index in [-0.39, 0.29) is 11.5 Å². The van der Waals surface area contributed by atoms with E-state index in [4.69, 9.17) is 21.1 Å². The average molecular weight is 363 g/mol. The molecule has 1 aromatic heterocycles. The minimum atomic E-state index is -0.119. The maximum absolute atomic E-state index is 13.2. The van der Waals surface area contributed by atoms with Gasteiger partial charge in [-0.2, -0.15) is 0 Å². The van der Waals surface area contributed by atoms with E-state index in [1.54, 1.807) is 0 Å². The van der Waals surface area contributed by atoms with E-state index in [1.165, 1.54) is 0 Å². The first-order valence-corrected chi connectivity index (χ1v) is 9.25. The van der Waals surface area contributed by atoms with E-state index in [9.17, 15) is 4.79 Å². The zero-order valence-electron chi connectivity index (χ0n) is 14.4. The van der Waals surface area contributed by atoms with Gasteiger partial charge in [-0.3, -0.25) is 4.79 Å². The Balaban J connectivity index is 1.59. The Hall–Kier alpha value is -1.56. The second-order valence-corrected chi connectivity index (χ2v) is 7.44. The maximum atomic E-state index is 13.2. The lowest BCUT2D eigenvalue weighted by Gasteiger charge is -2.35. The molecule has 1 amide bonds. The van der Waals surface area contributed by atoms with Gasteiger partial charge in [0.15, 0.2) is 0 Å². The molecule has 1 aromatic carbocycles. The zero-order valence-corrected chi connectivity index (χ0v) is 15.2. The van der Waals surface area contributed by atoms with Crippen LogP contribution in [0.2, 0.25) is 5.02 Å². The van der Waals surface area contributed by atoms with Gasteiger partial charge in [0.1, 0.15) is 0 Å². The highest BCUT2D eigenvalue weighted by molar-refractivity contribution is 6.31. The number of amides is 1. The van der Waals surface area contributed by atoms with Crippen LogP contribution < -0.4 is 0 Å². The van der Waals surface area contributed by atoms with E-state index in [1.807, 2.05) is 30.0 Å². The molecule has 0 atom stereocenters. The number of carbonyl (C=O) groups is 1. The van der Waals surface area contributed by atoms with Crippen LogP contribution in [0, 0.1) is 6.92 Å². The van der Waals surface area contributed by atoms with Crippen molar-refractivity contribution in [1.29, 1.82) is 0 Å². The Labute approximate surface area is 152 Å². The van der Waals surface area contributed by atoms with Crippen LogP contribution in [0.25, 0.3) is 10.9 Å². The molecule has 6 heteroatoms. The number of rotatable bonds is 1. The summed E-state index contributed by atoms with van der Waals surface area (Å²) in [6.07, 6.45) is 2.69. The van der Waals surface area contributed by atoms with Crippen LogP contribution >= 0.6 is 11.6 Å². The van der Waals surface area contributed by atoms with Gasteiger partial charge in [-0.1, -0.05) is 11.6 Å². The summed E-state index contributed by atoms with van der Waals surface area (Å²) >= 11 is 6.14. The summed E-state index contributed by atoms with van der Waals surface area (Å²) in [4.78, 5) is 18.4. The van der Waals surface area contributed by atoms with E-state index in [2.05, 4.69) is 4.98 Å². The Morgan fingerprint density at radius 3 is 2.80 bits per heavy atom. The fraction of sp³-hybridized carbons (Fsp3) is 0.526. The number of nitrogens with one attached hydrogen (secondary N) is 1. The highest BCUT2D eigenvalue weighted by Gasteiger charge is 2.37. The standard InChI is InChI=1S/C19H23ClN2O3/c1-13-17(15-12-14(20)2-3-16(15)21-13)18(23)22-7-4-19(25-11-8-22)5-9-24-10-6-19/h2-3,12,21H,4-11H2,1H3. The molecule has 0 unspecified atom stereocenters. The number of H-pyrrole nitrogens is 1. The Bertz CT molecular complexity index is 795. The molecule has 5 nitrogen and oxygen atoms in total. The molecule has 0 radical (unpaired) electrons. The first-order valence-electron chi connectivity index (χ1n) is 8.87. The lowest BCUT2D eigenvalue weighted by molar-refractivity contribution is -0.105. The average Bonchev–Trinajstić information content (AvgIpc) is 2.79. The molecular formula is C19H23ClN2O3. The molecule has 25 heavy (non-hydrogen) atoms. The fourth-order valence-electron chi connectivity index (χ4n) is 3.97. The lowest BCUT2D eigenvalue weighted by atomic mass is 9.90. The van der Waals surface area contributed by atoms with Gasteiger partial charge in [0.25, 0.3) is 5.91 Å². The van der Waals surface area contributed by atoms with Gasteiger partial charge in [-0.15, -0.1) is 0 Å². The maximum Gasteiger partial charge on any atom is 0.256 e. The molecule has 2 aliphatic rings. The summed E-state index contributed by atoms with van der Waals surface area (Å²) in [5.41, 5.74) is 2.43. The van der Waals surface area contributed by atoms with Crippen molar-refractivity contribution in [2.24, 2.45) is 0 Å². The number of aryl methyl sites for hydroxylation is 1. The third-order valence-corrected chi connectivity index (χ3v) is 5.70. The predicted molar refractivity (Wildman–Crippen MR) is 97.3 cm³/mol. The number of ether oxygens (including phenoxy) is 2. The van der Waals surface area contributed by atoms with Gasteiger partial charge in [-0.25, -0.2) is 0 Å². The zero-order chi connectivity index (χ0) is 17.4. The minimum absolute atomic E-state index is 0.0544. The number of benzene rings is 1. The monoisotopic (exact) mass is 362 g/mol. The van der Waals surface area contributed by atoms with Crippen LogP contribution in [0.15, 0.2) is 18.2 Å². The number of aromatic amines is 1. The van der Waals surface area contributed by atoms with Crippen molar-refractivity contribution in [3.8, 4) is 0 Å². The van der Waals surface area contributed by atoms with Gasteiger partial charge in [-0.05, 0) is 44.4 Å². The second kappa shape index (κ2) is 6.63. The minimum Gasteiger partial charge on any atom is -0.381 e. The summed E-state index contributed by atoms with van der Waals surface area (Å²) < 4.78 is 11.6. The normalized spacial score (nSPS) is 20.8. The highest BCUT2D eigenvalue weighted by Crippen LogP contribution is 2.32. The van der Waals surface area contributed by atoms with Gasteiger partial charge >= 0.3 is 0 Å². The van der Waals surface area contributed by atoms with Gasteiger partial charge in [0.05, 0.1) is 17.8 Å². The Morgan fingerprint density at radius 2 is 2.00 bits per heavy atom. The highest BCUT2D eigenvalue weighted by atomic mass is 35.5. The van der Waals surface area contributed by atoms with E-state index in [0.717, 1.165) is 54.6 Å². The molecular weight excluding hydrogens is 340 g/mol. The number of carbonyl (C=O) groups excluding carboxylic acids is 1. The van der Waals surface area contributed by atoms with Crippen LogP contribution in [-0.4, -0.2) is 54.3 Å². The molecule has 0 saturated carbocycles. The number of nitrogens with zero attached hydrogens (tertiary/aromatic N) is 1. The molecule has 2 aromatic rings. The van der Waals surface area contributed by atoms with E-state index < -0.39 is 0 Å².